The molecule has 1 rings (SSSR count). The Morgan fingerprint density at radius 3 is 2.72 bits per heavy atom. The van der Waals surface area contributed by atoms with Crippen LogP contribution < -0.4 is 5.32 Å². The lowest BCUT2D eigenvalue weighted by molar-refractivity contribution is 0.149. The maximum atomic E-state index is 11.8. The third-order valence-corrected chi connectivity index (χ3v) is 2.87. The molecule has 0 aliphatic carbocycles. The zero-order valence-corrected chi connectivity index (χ0v) is 11.5. The quantitative estimate of drug-likeness (QED) is 0.862. The Bertz CT molecular complexity index is 416. The molecule has 4 heteroatoms. The van der Waals surface area contributed by atoms with Crippen LogP contribution in [-0.4, -0.2) is 35.7 Å². The smallest absolute Gasteiger partial charge is 0.321 e. The number of hydrogen-bond donors (Lipinski definition) is 2. The normalized spacial score (nSPS) is 12.1. The fourth-order valence-corrected chi connectivity index (χ4v) is 1.83. The lowest BCUT2D eigenvalue weighted by atomic mass is 10.1. The number of amides is 2. The Balaban J connectivity index is 2.70. The van der Waals surface area contributed by atoms with Gasteiger partial charge in [-0.3, -0.25) is 0 Å². The van der Waals surface area contributed by atoms with Crippen LogP contribution in [0.3, 0.4) is 0 Å². The van der Waals surface area contributed by atoms with E-state index in [9.17, 15) is 9.90 Å². The third-order valence-electron chi connectivity index (χ3n) is 2.87. The number of carbonyl (C=O) groups is 1. The number of likely N-dealkylation sites (N-methyl/N-ethyl adjacent to an activating group) is 1. The molecule has 0 aliphatic heterocycles. The van der Waals surface area contributed by atoms with Gasteiger partial charge in [-0.1, -0.05) is 13.0 Å². The molecule has 4 nitrogen and oxygen atoms in total. The molecule has 0 fully saturated rings. The molecule has 2 amide bonds. The van der Waals surface area contributed by atoms with Crippen molar-refractivity contribution in [3.8, 4) is 0 Å². The van der Waals surface area contributed by atoms with E-state index in [2.05, 4.69) is 19.2 Å². The van der Waals surface area contributed by atoms with Crippen LogP contribution in [0.15, 0.2) is 18.2 Å². The van der Waals surface area contributed by atoms with Crippen molar-refractivity contribution in [3.63, 3.8) is 0 Å². The maximum absolute atomic E-state index is 11.8. The number of carbonyl (C=O) groups excluding carboxylic acids is 1. The molecule has 1 aromatic carbocycles. The first-order chi connectivity index (χ1) is 8.43. The van der Waals surface area contributed by atoms with Crippen molar-refractivity contribution in [2.24, 2.45) is 0 Å². The van der Waals surface area contributed by atoms with E-state index < -0.39 is 6.10 Å². The summed E-state index contributed by atoms with van der Waals surface area (Å²) in [5, 5.41) is 12.1. The highest BCUT2D eigenvalue weighted by Crippen LogP contribution is 2.16. The van der Waals surface area contributed by atoms with E-state index in [0.29, 0.717) is 6.54 Å². The average Bonchev–Trinajstić information content (AvgIpc) is 2.30. The molecule has 1 aromatic rings. The van der Waals surface area contributed by atoms with Gasteiger partial charge in [0.2, 0.25) is 0 Å². The molecule has 0 aliphatic rings. The standard InChI is InChI=1S/C14H22N2O2/c1-5-12-8-13(7-6-10(12)2)15-14(18)16(4)9-11(3)17/h6-8,11,17H,5,9H2,1-4H3,(H,15,18). The van der Waals surface area contributed by atoms with Crippen molar-refractivity contribution in [3.05, 3.63) is 29.3 Å². The summed E-state index contributed by atoms with van der Waals surface area (Å²) in [6, 6.07) is 5.68. The van der Waals surface area contributed by atoms with Gasteiger partial charge in [-0.15, -0.1) is 0 Å². The summed E-state index contributed by atoms with van der Waals surface area (Å²) in [6.07, 6.45) is 0.420. The van der Waals surface area contributed by atoms with Crippen molar-refractivity contribution in [1.82, 2.24) is 4.90 Å². The van der Waals surface area contributed by atoms with E-state index in [1.54, 1.807) is 14.0 Å². The van der Waals surface area contributed by atoms with E-state index in [0.717, 1.165) is 12.1 Å². The molecule has 0 bridgehead atoms. The van der Waals surface area contributed by atoms with Crippen LogP contribution in [0.1, 0.15) is 25.0 Å². The van der Waals surface area contributed by atoms with Gasteiger partial charge in [0, 0.05) is 19.3 Å². The van der Waals surface area contributed by atoms with Gasteiger partial charge < -0.3 is 15.3 Å². The topological polar surface area (TPSA) is 52.6 Å². The summed E-state index contributed by atoms with van der Waals surface area (Å²) in [6.45, 7) is 6.13. The Morgan fingerprint density at radius 2 is 2.17 bits per heavy atom. The highest BCUT2D eigenvalue weighted by Gasteiger charge is 2.11. The van der Waals surface area contributed by atoms with E-state index in [1.165, 1.54) is 16.0 Å². The second-order valence-electron chi connectivity index (χ2n) is 4.65. The molecule has 0 aromatic heterocycles. The lowest BCUT2D eigenvalue weighted by Gasteiger charge is -2.19. The van der Waals surface area contributed by atoms with Crippen LogP contribution in [0.4, 0.5) is 10.5 Å². The van der Waals surface area contributed by atoms with Crippen molar-refractivity contribution < 1.29 is 9.90 Å². The summed E-state index contributed by atoms with van der Waals surface area (Å²) >= 11 is 0. The molecule has 0 spiro atoms. The van der Waals surface area contributed by atoms with Crippen LogP contribution in [-0.2, 0) is 6.42 Å². The Morgan fingerprint density at radius 1 is 1.50 bits per heavy atom. The zero-order valence-electron chi connectivity index (χ0n) is 11.5. The average molecular weight is 250 g/mol. The molecule has 1 unspecified atom stereocenters. The van der Waals surface area contributed by atoms with Gasteiger partial charge in [-0.05, 0) is 43.5 Å². The maximum Gasteiger partial charge on any atom is 0.321 e. The number of aliphatic hydroxyl groups is 1. The molecule has 1 atom stereocenters. The predicted molar refractivity (Wildman–Crippen MR) is 73.9 cm³/mol. The predicted octanol–water partition coefficient (Wildman–Crippen LogP) is 2.40. The van der Waals surface area contributed by atoms with Crippen LogP contribution in [0.2, 0.25) is 0 Å². The van der Waals surface area contributed by atoms with Gasteiger partial charge in [0.25, 0.3) is 0 Å². The van der Waals surface area contributed by atoms with Gasteiger partial charge in [-0.25, -0.2) is 4.79 Å². The zero-order chi connectivity index (χ0) is 13.7. The highest BCUT2D eigenvalue weighted by atomic mass is 16.3. The van der Waals surface area contributed by atoms with E-state index in [-0.39, 0.29) is 6.03 Å². The van der Waals surface area contributed by atoms with Gasteiger partial charge in [0.1, 0.15) is 0 Å². The molecule has 0 saturated carbocycles. The van der Waals surface area contributed by atoms with Gasteiger partial charge in [0.15, 0.2) is 0 Å². The van der Waals surface area contributed by atoms with Gasteiger partial charge >= 0.3 is 6.03 Å². The highest BCUT2D eigenvalue weighted by molar-refractivity contribution is 5.89. The molecular weight excluding hydrogens is 228 g/mol. The molecule has 0 saturated heterocycles. The van der Waals surface area contributed by atoms with Crippen molar-refractivity contribution >= 4 is 11.7 Å². The third kappa shape index (κ3) is 4.04. The Labute approximate surface area is 109 Å². The molecule has 0 radical (unpaired) electrons. The van der Waals surface area contributed by atoms with Crippen molar-refractivity contribution in [2.45, 2.75) is 33.3 Å². The van der Waals surface area contributed by atoms with Crippen LogP contribution in [0.25, 0.3) is 0 Å². The largest absolute Gasteiger partial charge is 0.392 e. The monoisotopic (exact) mass is 250 g/mol. The number of aliphatic hydroxyl groups excluding tert-OH is 1. The van der Waals surface area contributed by atoms with Crippen molar-refractivity contribution in [1.29, 1.82) is 0 Å². The summed E-state index contributed by atoms with van der Waals surface area (Å²) in [7, 11) is 1.66. The minimum absolute atomic E-state index is 0.207. The fraction of sp³-hybridized carbons (Fsp3) is 0.500. The second kappa shape index (κ2) is 6.40. The number of aryl methyl sites for hydroxylation is 2. The summed E-state index contributed by atoms with van der Waals surface area (Å²) < 4.78 is 0. The van der Waals surface area contributed by atoms with Crippen molar-refractivity contribution in [2.75, 3.05) is 18.9 Å². The number of hydrogen-bond acceptors (Lipinski definition) is 2. The number of nitrogens with zero attached hydrogens (tertiary/aromatic N) is 1. The molecule has 2 N–H and O–H groups in total. The van der Waals surface area contributed by atoms with Crippen LogP contribution in [0.5, 0.6) is 0 Å². The minimum atomic E-state index is -0.523. The molecule has 18 heavy (non-hydrogen) atoms. The SMILES string of the molecule is CCc1cc(NC(=O)N(C)CC(C)O)ccc1C. The van der Waals surface area contributed by atoms with Crippen LogP contribution in [0, 0.1) is 6.92 Å². The number of nitrogens with one attached hydrogen (secondary N) is 1. The minimum Gasteiger partial charge on any atom is -0.392 e. The summed E-state index contributed by atoms with van der Waals surface area (Å²) in [5.41, 5.74) is 3.25. The number of urea groups is 1. The van der Waals surface area contributed by atoms with Gasteiger partial charge in [-0.2, -0.15) is 0 Å². The van der Waals surface area contributed by atoms with E-state index >= 15 is 0 Å². The molecule has 0 heterocycles. The summed E-state index contributed by atoms with van der Waals surface area (Å²) in [4.78, 5) is 13.3. The first-order valence-corrected chi connectivity index (χ1v) is 6.23. The second-order valence-corrected chi connectivity index (χ2v) is 4.65. The van der Waals surface area contributed by atoms with E-state index in [4.69, 9.17) is 0 Å². The molecule has 100 valence electrons. The van der Waals surface area contributed by atoms with E-state index in [1.807, 2.05) is 18.2 Å². The molecular formula is C14H22N2O2. The first kappa shape index (κ1) is 14.5. The number of anilines is 1. The van der Waals surface area contributed by atoms with Crippen LogP contribution >= 0.6 is 0 Å². The Kier molecular flexibility index (Phi) is 5.16. The number of rotatable bonds is 4. The summed E-state index contributed by atoms with van der Waals surface area (Å²) in [5.74, 6) is 0. The van der Waals surface area contributed by atoms with Gasteiger partial charge in [0.05, 0.1) is 6.10 Å². The number of benzene rings is 1. The first-order valence-electron chi connectivity index (χ1n) is 6.23. The lowest BCUT2D eigenvalue weighted by Crippen LogP contribution is -2.36. The fourth-order valence-electron chi connectivity index (χ4n) is 1.83. The Hall–Kier alpha value is -1.55.